The van der Waals surface area contributed by atoms with Crippen LogP contribution in [0.3, 0.4) is 0 Å². The van der Waals surface area contributed by atoms with E-state index in [4.69, 9.17) is 9.26 Å². The van der Waals surface area contributed by atoms with Gasteiger partial charge in [-0.2, -0.15) is 4.98 Å². The second kappa shape index (κ2) is 7.64. The molecule has 0 aromatic carbocycles. The van der Waals surface area contributed by atoms with Gasteiger partial charge in [-0.3, -0.25) is 4.79 Å². The number of aryl methyl sites for hydroxylation is 1. The molecule has 1 amide bonds. The maximum atomic E-state index is 12.8. The van der Waals surface area contributed by atoms with Crippen LogP contribution in [0.5, 0.6) is 0 Å². The fraction of sp³-hybridized carbons (Fsp3) is 0.833. The lowest BCUT2D eigenvalue weighted by atomic mass is 9.76. The van der Waals surface area contributed by atoms with Crippen molar-refractivity contribution in [3.63, 3.8) is 0 Å². The van der Waals surface area contributed by atoms with E-state index < -0.39 is 0 Å². The number of rotatable bonds is 6. The first-order chi connectivity index (χ1) is 11.6. The number of aromatic nitrogens is 2. The zero-order chi connectivity index (χ0) is 17.0. The number of nitrogens with zero attached hydrogens (tertiary/aromatic N) is 3. The Morgan fingerprint density at radius 3 is 2.83 bits per heavy atom. The van der Waals surface area contributed by atoms with E-state index in [1.54, 1.807) is 7.11 Å². The molecule has 1 aliphatic carbocycles. The monoisotopic (exact) mass is 335 g/mol. The van der Waals surface area contributed by atoms with Crippen LogP contribution >= 0.6 is 0 Å². The van der Waals surface area contributed by atoms with Gasteiger partial charge in [0.15, 0.2) is 5.82 Å². The average molecular weight is 335 g/mol. The molecule has 3 rings (SSSR count). The fourth-order valence-electron chi connectivity index (χ4n) is 4.25. The Morgan fingerprint density at radius 2 is 2.17 bits per heavy atom. The van der Waals surface area contributed by atoms with E-state index in [0.29, 0.717) is 37.3 Å². The number of carbonyl (C=O) groups is 1. The van der Waals surface area contributed by atoms with E-state index in [1.165, 1.54) is 25.7 Å². The minimum Gasteiger partial charge on any atom is -0.385 e. The molecule has 2 heterocycles. The van der Waals surface area contributed by atoms with Gasteiger partial charge in [0, 0.05) is 40.2 Å². The summed E-state index contributed by atoms with van der Waals surface area (Å²) in [5.74, 6) is 2.19. The van der Waals surface area contributed by atoms with Crippen LogP contribution in [-0.2, 0) is 14.9 Å². The molecule has 0 spiro atoms. The molecule has 0 N–H and O–H groups in total. The van der Waals surface area contributed by atoms with Crippen molar-refractivity contribution in [2.45, 2.75) is 63.7 Å². The topological polar surface area (TPSA) is 68.5 Å². The number of hydrogen-bond acceptors (Lipinski definition) is 5. The van der Waals surface area contributed by atoms with Gasteiger partial charge < -0.3 is 14.2 Å². The summed E-state index contributed by atoms with van der Waals surface area (Å²) in [5.41, 5.74) is -0.239. The molecule has 6 heteroatoms. The van der Waals surface area contributed by atoms with Gasteiger partial charge in [0.1, 0.15) is 0 Å². The minimum atomic E-state index is -0.239. The Kier molecular flexibility index (Phi) is 5.54. The van der Waals surface area contributed by atoms with Crippen LogP contribution in [0.1, 0.15) is 63.1 Å². The van der Waals surface area contributed by atoms with E-state index in [1.807, 2.05) is 11.8 Å². The lowest BCUT2D eigenvalue weighted by Crippen LogP contribution is -2.49. The van der Waals surface area contributed by atoms with Crippen LogP contribution in [-0.4, -0.2) is 47.8 Å². The van der Waals surface area contributed by atoms with Crippen LogP contribution in [0.2, 0.25) is 0 Å². The smallest absolute Gasteiger partial charge is 0.223 e. The molecule has 134 valence electrons. The summed E-state index contributed by atoms with van der Waals surface area (Å²) in [7, 11) is 1.71. The van der Waals surface area contributed by atoms with Crippen molar-refractivity contribution in [2.75, 3.05) is 26.8 Å². The quantitative estimate of drug-likeness (QED) is 0.799. The van der Waals surface area contributed by atoms with Gasteiger partial charge in [-0.1, -0.05) is 18.0 Å². The Hall–Kier alpha value is -1.43. The molecule has 1 aromatic rings. The number of piperidine rings is 1. The summed E-state index contributed by atoms with van der Waals surface area (Å²) < 4.78 is 10.5. The highest BCUT2D eigenvalue weighted by atomic mass is 16.5. The molecule has 2 aliphatic rings. The maximum Gasteiger partial charge on any atom is 0.223 e. The Balaban J connectivity index is 1.72. The number of likely N-dealkylation sites (tertiary alicyclic amines) is 1. The van der Waals surface area contributed by atoms with Gasteiger partial charge in [0.05, 0.1) is 5.41 Å². The van der Waals surface area contributed by atoms with Gasteiger partial charge >= 0.3 is 0 Å². The molecular formula is C18H29N3O3. The molecule has 6 nitrogen and oxygen atoms in total. The predicted octanol–water partition coefficient (Wildman–Crippen LogP) is 2.86. The van der Waals surface area contributed by atoms with E-state index in [0.717, 1.165) is 31.6 Å². The summed E-state index contributed by atoms with van der Waals surface area (Å²) in [6, 6.07) is 0. The van der Waals surface area contributed by atoms with Crippen molar-refractivity contribution in [1.29, 1.82) is 0 Å². The third-order valence-corrected chi connectivity index (χ3v) is 5.65. The van der Waals surface area contributed by atoms with E-state index in [2.05, 4.69) is 10.1 Å². The Morgan fingerprint density at radius 1 is 1.38 bits per heavy atom. The molecule has 1 unspecified atom stereocenters. The number of carbonyl (C=O) groups excluding carboxylic acids is 1. The highest BCUT2D eigenvalue weighted by Crippen LogP contribution is 2.37. The van der Waals surface area contributed by atoms with E-state index >= 15 is 0 Å². The van der Waals surface area contributed by atoms with Crippen molar-refractivity contribution >= 4 is 5.91 Å². The van der Waals surface area contributed by atoms with Crippen LogP contribution < -0.4 is 0 Å². The standard InChI is InChI=1S/C18H29N3O3/c1-14-19-17(20-24-14)18(9-11-23-2)8-5-10-21(13-18)16(22)12-15-6-3-4-7-15/h15H,3-13H2,1-2H3. The summed E-state index contributed by atoms with van der Waals surface area (Å²) >= 11 is 0. The van der Waals surface area contributed by atoms with Gasteiger partial charge in [-0.25, -0.2) is 0 Å². The second-order valence-electron chi connectivity index (χ2n) is 7.43. The highest BCUT2D eigenvalue weighted by Gasteiger charge is 2.42. The molecule has 1 atom stereocenters. The lowest BCUT2D eigenvalue weighted by molar-refractivity contribution is -0.134. The number of amides is 1. The van der Waals surface area contributed by atoms with Crippen molar-refractivity contribution in [2.24, 2.45) is 5.92 Å². The van der Waals surface area contributed by atoms with Crippen LogP contribution in [0.25, 0.3) is 0 Å². The third kappa shape index (κ3) is 3.79. The molecule has 1 saturated heterocycles. The Labute approximate surface area is 143 Å². The molecule has 24 heavy (non-hydrogen) atoms. The van der Waals surface area contributed by atoms with Crippen molar-refractivity contribution in [3.8, 4) is 0 Å². The first-order valence-electron chi connectivity index (χ1n) is 9.20. The lowest BCUT2D eigenvalue weighted by Gasteiger charge is -2.41. The first-order valence-corrected chi connectivity index (χ1v) is 9.20. The molecule has 0 radical (unpaired) electrons. The molecular weight excluding hydrogens is 306 g/mol. The third-order valence-electron chi connectivity index (χ3n) is 5.65. The summed E-state index contributed by atoms with van der Waals surface area (Å²) in [6.07, 6.45) is 8.43. The Bertz CT molecular complexity index is 553. The van der Waals surface area contributed by atoms with Crippen molar-refractivity contribution in [3.05, 3.63) is 11.7 Å². The minimum absolute atomic E-state index is 0.239. The van der Waals surface area contributed by atoms with Gasteiger partial charge in [0.2, 0.25) is 11.8 Å². The van der Waals surface area contributed by atoms with E-state index in [9.17, 15) is 4.79 Å². The summed E-state index contributed by atoms with van der Waals surface area (Å²) in [6.45, 7) is 3.97. The molecule has 1 aromatic heterocycles. The number of ether oxygens (including phenoxy) is 1. The molecule has 1 aliphatic heterocycles. The first kappa shape index (κ1) is 17.4. The molecule has 2 fully saturated rings. The number of hydrogen-bond donors (Lipinski definition) is 0. The fourth-order valence-corrected chi connectivity index (χ4v) is 4.25. The highest BCUT2D eigenvalue weighted by molar-refractivity contribution is 5.76. The summed E-state index contributed by atoms with van der Waals surface area (Å²) in [4.78, 5) is 19.3. The van der Waals surface area contributed by atoms with Crippen molar-refractivity contribution in [1.82, 2.24) is 15.0 Å². The van der Waals surface area contributed by atoms with Gasteiger partial charge in [-0.05, 0) is 38.0 Å². The predicted molar refractivity (Wildman–Crippen MR) is 89.6 cm³/mol. The average Bonchev–Trinajstić information content (AvgIpc) is 3.25. The molecule has 0 bridgehead atoms. The normalized spacial score (nSPS) is 25.3. The van der Waals surface area contributed by atoms with Gasteiger partial charge in [0.25, 0.3) is 0 Å². The van der Waals surface area contributed by atoms with Crippen LogP contribution in [0, 0.1) is 12.8 Å². The largest absolute Gasteiger partial charge is 0.385 e. The zero-order valence-electron chi connectivity index (χ0n) is 14.9. The SMILES string of the molecule is COCCC1(c2noc(C)n2)CCCN(C(=O)CC2CCCC2)C1. The summed E-state index contributed by atoms with van der Waals surface area (Å²) in [5, 5.41) is 4.18. The second-order valence-corrected chi connectivity index (χ2v) is 7.43. The van der Waals surface area contributed by atoms with Crippen LogP contribution in [0.15, 0.2) is 4.52 Å². The van der Waals surface area contributed by atoms with Crippen LogP contribution in [0.4, 0.5) is 0 Å². The zero-order valence-corrected chi connectivity index (χ0v) is 14.9. The van der Waals surface area contributed by atoms with E-state index in [-0.39, 0.29) is 5.41 Å². The van der Waals surface area contributed by atoms with Crippen molar-refractivity contribution < 1.29 is 14.1 Å². The number of methoxy groups -OCH3 is 1. The molecule has 1 saturated carbocycles. The maximum absolute atomic E-state index is 12.8. The van der Waals surface area contributed by atoms with Gasteiger partial charge in [-0.15, -0.1) is 0 Å².